The molecule has 0 spiro atoms. The maximum Gasteiger partial charge on any atom is 0.253 e. The lowest BCUT2D eigenvalue weighted by Crippen LogP contribution is -2.31. The molecule has 1 heterocycles. The van der Waals surface area contributed by atoms with Crippen molar-refractivity contribution in [3.8, 4) is 11.5 Å². The van der Waals surface area contributed by atoms with E-state index >= 15 is 0 Å². The highest BCUT2D eigenvalue weighted by molar-refractivity contribution is 5.94. The van der Waals surface area contributed by atoms with Gasteiger partial charge in [-0.15, -0.1) is 12.4 Å². The summed E-state index contributed by atoms with van der Waals surface area (Å²) in [5.74, 6) is -1.24. The smallest absolute Gasteiger partial charge is 0.253 e. The van der Waals surface area contributed by atoms with Gasteiger partial charge in [0.05, 0.1) is 0 Å². The molecule has 2 N–H and O–H groups in total. The van der Waals surface area contributed by atoms with Crippen molar-refractivity contribution in [1.29, 1.82) is 0 Å². The molecule has 1 amide bonds. The van der Waals surface area contributed by atoms with E-state index in [0.717, 1.165) is 18.6 Å². The van der Waals surface area contributed by atoms with Gasteiger partial charge in [-0.05, 0) is 42.8 Å². The van der Waals surface area contributed by atoms with Crippen molar-refractivity contribution in [2.24, 2.45) is 5.73 Å². The van der Waals surface area contributed by atoms with Gasteiger partial charge in [0, 0.05) is 30.8 Å². The third-order valence-corrected chi connectivity index (χ3v) is 3.73. The number of hydrogen-bond acceptors (Lipinski definition) is 3. The first-order valence-electron chi connectivity index (χ1n) is 7.31. The van der Waals surface area contributed by atoms with Crippen molar-refractivity contribution >= 4 is 18.3 Å². The minimum atomic E-state index is -0.781. The van der Waals surface area contributed by atoms with Crippen LogP contribution in [0.15, 0.2) is 42.5 Å². The molecule has 1 aliphatic heterocycles. The fourth-order valence-electron chi connectivity index (χ4n) is 2.50. The average Bonchev–Trinajstić information content (AvgIpc) is 2.97. The summed E-state index contributed by atoms with van der Waals surface area (Å²) in [6, 6.07) is 9.50. The molecule has 0 aromatic heterocycles. The Morgan fingerprint density at radius 3 is 2.46 bits per heavy atom. The predicted molar refractivity (Wildman–Crippen MR) is 88.6 cm³/mol. The molecular formula is C17H17ClF2N2O2. The van der Waals surface area contributed by atoms with Crippen LogP contribution in [-0.4, -0.2) is 29.9 Å². The molecule has 1 aliphatic rings. The Kier molecular flexibility index (Phi) is 5.75. The van der Waals surface area contributed by atoms with Gasteiger partial charge in [0.25, 0.3) is 5.91 Å². The van der Waals surface area contributed by atoms with Crippen LogP contribution in [0.4, 0.5) is 8.78 Å². The standard InChI is InChI=1S/C17H16F2N2O2.ClH/c18-12-3-6-16(15(19)9-12)23-14-4-1-11(2-5-14)17(22)21-8-7-13(20)10-21;/h1-6,9,13H,7-8,10,20H2;1H/t13-;/m1./s1. The van der Waals surface area contributed by atoms with E-state index in [1.54, 1.807) is 29.2 Å². The van der Waals surface area contributed by atoms with E-state index in [2.05, 4.69) is 0 Å². The fourth-order valence-corrected chi connectivity index (χ4v) is 2.50. The Labute approximate surface area is 144 Å². The van der Waals surface area contributed by atoms with Gasteiger partial charge in [-0.3, -0.25) is 4.79 Å². The van der Waals surface area contributed by atoms with Gasteiger partial charge in [0.15, 0.2) is 11.6 Å². The highest BCUT2D eigenvalue weighted by atomic mass is 35.5. The van der Waals surface area contributed by atoms with Crippen LogP contribution < -0.4 is 10.5 Å². The monoisotopic (exact) mass is 354 g/mol. The van der Waals surface area contributed by atoms with Crippen LogP contribution >= 0.6 is 12.4 Å². The minimum absolute atomic E-state index is 0. The van der Waals surface area contributed by atoms with Crippen LogP contribution in [0, 0.1) is 11.6 Å². The van der Waals surface area contributed by atoms with Crippen LogP contribution in [0.1, 0.15) is 16.8 Å². The van der Waals surface area contributed by atoms with Crippen molar-refractivity contribution < 1.29 is 18.3 Å². The van der Waals surface area contributed by atoms with Gasteiger partial charge in [-0.1, -0.05) is 0 Å². The van der Waals surface area contributed by atoms with Gasteiger partial charge in [0.1, 0.15) is 11.6 Å². The lowest BCUT2D eigenvalue weighted by molar-refractivity contribution is 0.0791. The van der Waals surface area contributed by atoms with Crippen molar-refractivity contribution in [3.63, 3.8) is 0 Å². The largest absolute Gasteiger partial charge is 0.454 e. The lowest BCUT2D eigenvalue weighted by Gasteiger charge is -2.16. The van der Waals surface area contributed by atoms with E-state index in [1.165, 1.54) is 6.07 Å². The van der Waals surface area contributed by atoms with Crippen molar-refractivity contribution in [1.82, 2.24) is 4.90 Å². The summed E-state index contributed by atoms with van der Waals surface area (Å²) in [4.78, 5) is 14.0. The predicted octanol–water partition coefficient (Wildman–Crippen LogP) is 3.35. The van der Waals surface area contributed by atoms with Crippen LogP contribution in [0.25, 0.3) is 0 Å². The quantitative estimate of drug-likeness (QED) is 0.919. The number of carbonyl (C=O) groups is 1. The summed E-state index contributed by atoms with van der Waals surface area (Å²) in [7, 11) is 0. The third-order valence-electron chi connectivity index (χ3n) is 3.73. The van der Waals surface area contributed by atoms with Gasteiger partial charge in [-0.2, -0.15) is 0 Å². The summed E-state index contributed by atoms with van der Waals surface area (Å²) in [5.41, 5.74) is 6.32. The van der Waals surface area contributed by atoms with E-state index in [-0.39, 0.29) is 30.1 Å². The Morgan fingerprint density at radius 1 is 1.17 bits per heavy atom. The number of benzene rings is 2. The Bertz CT molecular complexity index is 725. The molecule has 24 heavy (non-hydrogen) atoms. The molecular weight excluding hydrogens is 338 g/mol. The zero-order valence-corrected chi connectivity index (χ0v) is 13.6. The molecule has 0 saturated carbocycles. The fraction of sp³-hybridized carbons (Fsp3) is 0.235. The number of halogens is 3. The van der Waals surface area contributed by atoms with E-state index < -0.39 is 11.6 Å². The van der Waals surface area contributed by atoms with Crippen LogP contribution in [0.3, 0.4) is 0 Å². The number of nitrogens with zero attached hydrogens (tertiary/aromatic N) is 1. The number of likely N-dealkylation sites (tertiary alicyclic amines) is 1. The first-order chi connectivity index (χ1) is 11.0. The maximum absolute atomic E-state index is 13.5. The Morgan fingerprint density at radius 2 is 1.88 bits per heavy atom. The topological polar surface area (TPSA) is 55.6 Å². The summed E-state index contributed by atoms with van der Waals surface area (Å²) < 4.78 is 31.8. The number of carbonyl (C=O) groups excluding carboxylic acids is 1. The molecule has 1 atom stereocenters. The van der Waals surface area contributed by atoms with E-state index in [0.29, 0.717) is 24.4 Å². The average molecular weight is 355 g/mol. The zero-order chi connectivity index (χ0) is 16.4. The second kappa shape index (κ2) is 7.59. The number of ether oxygens (including phenoxy) is 1. The summed E-state index contributed by atoms with van der Waals surface area (Å²) in [6.07, 6.45) is 0.802. The second-order valence-electron chi connectivity index (χ2n) is 5.50. The number of hydrogen-bond donors (Lipinski definition) is 1. The van der Waals surface area contributed by atoms with Gasteiger partial charge in [-0.25, -0.2) is 8.78 Å². The highest BCUT2D eigenvalue weighted by Gasteiger charge is 2.24. The molecule has 0 aliphatic carbocycles. The summed E-state index contributed by atoms with van der Waals surface area (Å²) in [5, 5.41) is 0. The lowest BCUT2D eigenvalue weighted by atomic mass is 10.2. The molecule has 3 rings (SSSR count). The number of rotatable bonds is 3. The van der Waals surface area contributed by atoms with Crippen LogP contribution in [-0.2, 0) is 0 Å². The molecule has 7 heteroatoms. The Balaban J connectivity index is 0.00000208. The SMILES string of the molecule is Cl.N[C@@H]1CCN(C(=O)c2ccc(Oc3ccc(F)cc3F)cc2)C1. The third kappa shape index (κ3) is 4.01. The molecule has 0 radical (unpaired) electrons. The summed E-state index contributed by atoms with van der Waals surface area (Å²) >= 11 is 0. The second-order valence-corrected chi connectivity index (χ2v) is 5.50. The van der Waals surface area contributed by atoms with E-state index in [1.807, 2.05) is 0 Å². The van der Waals surface area contributed by atoms with Gasteiger partial charge < -0.3 is 15.4 Å². The molecule has 128 valence electrons. The maximum atomic E-state index is 13.5. The molecule has 4 nitrogen and oxygen atoms in total. The van der Waals surface area contributed by atoms with Crippen molar-refractivity contribution in [3.05, 3.63) is 59.7 Å². The highest BCUT2D eigenvalue weighted by Crippen LogP contribution is 2.25. The molecule has 1 fully saturated rings. The van der Waals surface area contributed by atoms with Crippen LogP contribution in [0.5, 0.6) is 11.5 Å². The van der Waals surface area contributed by atoms with Gasteiger partial charge >= 0.3 is 0 Å². The molecule has 2 aromatic rings. The minimum Gasteiger partial charge on any atom is -0.454 e. The van der Waals surface area contributed by atoms with E-state index in [4.69, 9.17) is 10.5 Å². The van der Waals surface area contributed by atoms with Crippen molar-refractivity contribution in [2.75, 3.05) is 13.1 Å². The Hall–Kier alpha value is -2.18. The van der Waals surface area contributed by atoms with Crippen LogP contribution in [0.2, 0.25) is 0 Å². The first-order valence-corrected chi connectivity index (χ1v) is 7.31. The number of amides is 1. The van der Waals surface area contributed by atoms with Crippen molar-refractivity contribution in [2.45, 2.75) is 12.5 Å². The zero-order valence-electron chi connectivity index (χ0n) is 12.7. The molecule has 0 unspecified atom stereocenters. The summed E-state index contributed by atoms with van der Waals surface area (Å²) in [6.45, 7) is 1.21. The molecule has 0 bridgehead atoms. The van der Waals surface area contributed by atoms with E-state index in [9.17, 15) is 13.6 Å². The normalized spacial score (nSPS) is 16.6. The first kappa shape index (κ1) is 18.2. The van der Waals surface area contributed by atoms with Gasteiger partial charge in [0.2, 0.25) is 0 Å². The molecule has 1 saturated heterocycles. The molecule has 2 aromatic carbocycles. The number of nitrogens with two attached hydrogens (primary N) is 1.